The molecular formula is C9H8Cl3NO. The summed E-state index contributed by atoms with van der Waals surface area (Å²) in [5.41, 5.74) is 0.587. The summed E-state index contributed by atoms with van der Waals surface area (Å²) in [5, 5.41) is 2.60. The number of carbonyl (C=O) groups is 1. The molecule has 14 heavy (non-hydrogen) atoms. The number of halogens is 3. The quantitative estimate of drug-likeness (QED) is 0.806. The second-order valence-corrected chi connectivity index (χ2v) is 3.99. The maximum atomic E-state index is 11.2. The summed E-state index contributed by atoms with van der Waals surface area (Å²) in [5.74, 6) is -0.287. The van der Waals surface area contributed by atoms with Crippen LogP contribution >= 0.6 is 34.8 Å². The van der Waals surface area contributed by atoms with Gasteiger partial charge in [0.1, 0.15) is 5.38 Å². The van der Waals surface area contributed by atoms with Crippen molar-refractivity contribution >= 4 is 40.7 Å². The summed E-state index contributed by atoms with van der Waals surface area (Å²) < 4.78 is 0. The largest absolute Gasteiger partial charge is 0.358 e. The first-order valence-corrected chi connectivity index (χ1v) is 5.05. The maximum Gasteiger partial charge on any atom is 0.242 e. The van der Waals surface area contributed by atoms with Crippen molar-refractivity contribution in [2.45, 2.75) is 5.38 Å². The fourth-order valence-electron chi connectivity index (χ4n) is 1.000. The van der Waals surface area contributed by atoms with Crippen molar-refractivity contribution in [1.29, 1.82) is 0 Å². The Kier molecular flexibility index (Phi) is 4.05. The predicted molar refractivity (Wildman–Crippen MR) is 59.1 cm³/mol. The summed E-state index contributed by atoms with van der Waals surface area (Å²) in [6.07, 6.45) is 0. The molecule has 0 aliphatic rings. The van der Waals surface area contributed by atoms with Crippen molar-refractivity contribution in [2.24, 2.45) is 0 Å². The molecule has 76 valence electrons. The molecule has 0 spiro atoms. The van der Waals surface area contributed by atoms with Crippen molar-refractivity contribution in [1.82, 2.24) is 5.32 Å². The van der Waals surface area contributed by atoms with Gasteiger partial charge in [-0.25, -0.2) is 0 Å². The molecule has 0 saturated carbocycles. The minimum atomic E-state index is -0.767. The first-order valence-electron chi connectivity index (χ1n) is 3.86. The standard InChI is InChI=1S/C9H8Cl3NO/c1-13-9(14)8(12)5-2-6(10)4-7(11)3-5/h2-4,8H,1H3,(H,13,14). The number of nitrogens with one attached hydrogen (secondary N) is 1. The zero-order valence-corrected chi connectivity index (χ0v) is 9.62. The number of alkyl halides is 1. The molecule has 1 amide bonds. The van der Waals surface area contributed by atoms with Gasteiger partial charge in [-0.2, -0.15) is 0 Å². The third-order valence-corrected chi connectivity index (χ3v) is 2.54. The van der Waals surface area contributed by atoms with Crippen molar-refractivity contribution in [2.75, 3.05) is 7.05 Å². The molecular weight excluding hydrogens is 244 g/mol. The van der Waals surface area contributed by atoms with Crippen molar-refractivity contribution < 1.29 is 4.79 Å². The Hall–Kier alpha value is -0.440. The lowest BCUT2D eigenvalue weighted by Gasteiger charge is -2.08. The van der Waals surface area contributed by atoms with Crippen LogP contribution < -0.4 is 5.32 Å². The van der Waals surface area contributed by atoms with Crippen LogP contribution in [0.15, 0.2) is 18.2 Å². The molecule has 0 aliphatic heterocycles. The number of likely N-dealkylation sites (N-methyl/N-ethyl adjacent to an activating group) is 1. The topological polar surface area (TPSA) is 29.1 Å². The van der Waals surface area contributed by atoms with Crippen LogP contribution in [0, 0.1) is 0 Å². The molecule has 0 heterocycles. The highest BCUT2D eigenvalue weighted by atomic mass is 35.5. The van der Waals surface area contributed by atoms with Crippen LogP contribution in [-0.2, 0) is 4.79 Å². The summed E-state index contributed by atoms with van der Waals surface area (Å²) >= 11 is 17.4. The van der Waals surface area contributed by atoms with E-state index >= 15 is 0 Å². The van der Waals surface area contributed by atoms with Gasteiger partial charge in [0, 0.05) is 17.1 Å². The van der Waals surface area contributed by atoms with Gasteiger partial charge in [0.2, 0.25) is 5.91 Å². The zero-order valence-electron chi connectivity index (χ0n) is 7.35. The third kappa shape index (κ3) is 2.77. The Morgan fingerprint density at radius 2 is 1.79 bits per heavy atom. The Bertz CT molecular complexity index is 334. The minimum Gasteiger partial charge on any atom is -0.358 e. The molecule has 0 fully saturated rings. The van der Waals surface area contributed by atoms with E-state index in [1.54, 1.807) is 18.2 Å². The summed E-state index contributed by atoms with van der Waals surface area (Å²) in [4.78, 5) is 11.2. The Labute approximate surface area is 97.1 Å². The molecule has 1 aromatic carbocycles. The van der Waals surface area contributed by atoms with Gasteiger partial charge in [-0.15, -0.1) is 11.6 Å². The number of benzene rings is 1. The van der Waals surface area contributed by atoms with Crippen LogP contribution in [0.2, 0.25) is 10.0 Å². The van der Waals surface area contributed by atoms with Crippen LogP contribution in [0.1, 0.15) is 10.9 Å². The fraction of sp³-hybridized carbons (Fsp3) is 0.222. The average Bonchev–Trinajstić information content (AvgIpc) is 2.14. The highest BCUT2D eigenvalue weighted by Gasteiger charge is 2.16. The molecule has 1 rings (SSSR count). The summed E-state index contributed by atoms with van der Waals surface area (Å²) in [6.45, 7) is 0. The second kappa shape index (κ2) is 4.87. The van der Waals surface area contributed by atoms with Gasteiger partial charge in [0.25, 0.3) is 0 Å². The van der Waals surface area contributed by atoms with Gasteiger partial charge in [-0.05, 0) is 23.8 Å². The van der Waals surface area contributed by atoms with E-state index in [1.807, 2.05) is 0 Å². The van der Waals surface area contributed by atoms with Crippen LogP contribution in [0.5, 0.6) is 0 Å². The van der Waals surface area contributed by atoms with E-state index in [1.165, 1.54) is 7.05 Å². The van der Waals surface area contributed by atoms with Gasteiger partial charge in [-0.3, -0.25) is 4.79 Å². The van der Waals surface area contributed by atoms with Crippen molar-refractivity contribution in [3.63, 3.8) is 0 Å². The Morgan fingerprint density at radius 3 is 2.21 bits per heavy atom. The van der Waals surface area contributed by atoms with E-state index < -0.39 is 5.38 Å². The number of hydrogen-bond acceptors (Lipinski definition) is 1. The monoisotopic (exact) mass is 251 g/mol. The summed E-state index contributed by atoms with van der Waals surface area (Å²) in [6, 6.07) is 4.81. The molecule has 0 radical (unpaired) electrons. The highest BCUT2D eigenvalue weighted by molar-refractivity contribution is 6.35. The first-order chi connectivity index (χ1) is 6.54. The molecule has 1 aromatic rings. The smallest absolute Gasteiger partial charge is 0.242 e. The third-order valence-electron chi connectivity index (χ3n) is 1.65. The first kappa shape index (κ1) is 11.6. The zero-order chi connectivity index (χ0) is 10.7. The average molecular weight is 253 g/mol. The lowest BCUT2D eigenvalue weighted by atomic mass is 10.1. The van der Waals surface area contributed by atoms with E-state index in [-0.39, 0.29) is 5.91 Å². The number of hydrogen-bond donors (Lipinski definition) is 1. The van der Waals surface area contributed by atoms with Gasteiger partial charge in [-0.1, -0.05) is 23.2 Å². The molecule has 2 nitrogen and oxygen atoms in total. The molecule has 0 aliphatic carbocycles. The van der Waals surface area contributed by atoms with Crippen LogP contribution in [0.3, 0.4) is 0 Å². The minimum absolute atomic E-state index is 0.287. The van der Waals surface area contributed by atoms with Gasteiger partial charge < -0.3 is 5.32 Å². The number of rotatable bonds is 2. The van der Waals surface area contributed by atoms with Crippen molar-refractivity contribution in [3.8, 4) is 0 Å². The van der Waals surface area contributed by atoms with E-state index in [2.05, 4.69) is 5.32 Å². The SMILES string of the molecule is CNC(=O)C(Cl)c1cc(Cl)cc(Cl)c1. The van der Waals surface area contributed by atoms with E-state index in [0.717, 1.165) is 0 Å². The van der Waals surface area contributed by atoms with Gasteiger partial charge >= 0.3 is 0 Å². The summed E-state index contributed by atoms with van der Waals surface area (Å²) in [7, 11) is 1.52. The molecule has 0 aromatic heterocycles. The predicted octanol–water partition coefficient (Wildman–Crippen LogP) is 3.02. The molecule has 1 N–H and O–H groups in total. The van der Waals surface area contributed by atoms with E-state index in [4.69, 9.17) is 34.8 Å². The maximum absolute atomic E-state index is 11.2. The Morgan fingerprint density at radius 1 is 1.29 bits per heavy atom. The van der Waals surface area contributed by atoms with E-state index in [9.17, 15) is 4.79 Å². The van der Waals surface area contributed by atoms with E-state index in [0.29, 0.717) is 15.6 Å². The van der Waals surface area contributed by atoms with Crippen LogP contribution in [-0.4, -0.2) is 13.0 Å². The fourth-order valence-corrected chi connectivity index (χ4v) is 1.78. The normalized spacial score (nSPS) is 12.3. The molecule has 1 unspecified atom stereocenters. The number of amides is 1. The van der Waals surface area contributed by atoms with Crippen LogP contribution in [0.4, 0.5) is 0 Å². The lowest BCUT2D eigenvalue weighted by molar-refractivity contribution is -0.120. The lowest BCUT2D eigenvalue weighted by Crippen LogP contribution is -2.22. The van der Waals surface area contributed by atoms with Crippen molar-refractivity contribution in [3.05, 3.63) is 33.8 Å². The van der Waals surface area contributed by atoms with Crippen LogP contribution in [0.25, 0.3) is 0 Å². The molecule has 1 atom stereocenters. The molecule has 0 saturated heterocycles. The van der Waals surface area contributed by atoms with Gasteiger partial charge in [0.05, 0.1) is 0 Å². The molecule has 0 bridgehead atoms. The second-order valence-electron chi connectivity index (χ2n) is 2.68. The Balaban J connectivity index is 3.00. The number of carbonyl (C=O) groups excluding carboxylic acids is 1. The highest BCUT2D eigenvalue weighted by Crippen LogP contribution is 2.27. The molecule has 5 heteroatoms. The van der Waals surface area contributed by atoms with Gasteiger partial charge in [0.15, 0.2) is 0 Å².